The van der Waals surface area contributed by atoms with Gasteiger partial charge in [0.25, 0.3) is 0 Å². The number of amides is 2. The zero-order valence-corrected chi connectivity index (χ0v) is 14.3. The van der Waals surface area contributed by atoms with E-state index in [4.69, 9.17) is 0 Å². The number of rotatable bonds is 5. The van der Waals surface area contributed by atoms with Gasteiger partial charge in [0.2, 0.25) is 0 Å². The zero-order chi connectivity index (χ0) is 17.6. The number of hydrogen-bond donors (Lipinski definition) is 4. The topological polar surface area (TPSA) is 94.2 Å². The Labute approximate surface area is 147 Å². The van der Waals surface area contributed by atoms with Gasteiger partial charge in [-0.05, 0) is 49.4 Å². The van der Waals surface area contributed by atoms with E-state index in [1.165, 1.54) is 6.42 Å². The first-order valence-corrected chi connectivity index (χ1v) is 8.97. The second-order valence-electron chi connectivity index (χ2n) is 6.72. The van der Waals surface area contributed by atoms with Crippen molar-refractivity contribution >= 4 is 28.4 Å². The molecule has 2 amide bonds. The first-order valence-electron chi connectivity index (χ1n) is 8.97. The van der Waals surface area contributed by atoms with Crippen molar-refractivity contribution in [2.24, 2.45) is 5.92 Å². The lowest BCUT2D eigenvalue weighted by molar-refractivity contribution is -0.137. The second kappa shape index (κ2) is 8.16. The van der Waals surface area contributed by atoms with E-state index in [1.54, 1.807) is 6.07 Å². The van der Waals surface area contributed by atoms with Crippen LogP contribution in [0.15, 0.2) is 30.5 Å². The predicted octanol–water partition coefficient (Wildman–Crippen LogP) is 2.55. The van der Waals surface area contributed by atoms with Gasteiger partial charge in [-0.2, -0.15) is 0 Å². The van der Waals surface area contributed by atoms with Crippen LogP contribution in [0.5, 0.6) is 0 Å². The van der Waals surface area contributed by atoms with Crippen LogP contribution in [0.25, 0.3) is 10.9 Å². The Kier molecular flexibility index (Phi) is 5.71. The highest BCUT2D eigenvalue weighted by Crippen LogP contribution is 2.27. The molecule has 4 N–H and O–H groups in total. The van der Waals surface area contributed by atoms with E-state index in [0.717, 1.165) is 36.6 Å². The average molecular weight is 343 g/mol. The maximum absolute atomic E-state index is 12.3. The number of aliphatic hydroxyl groups excluding tert-OH is 1. The molecule has 134 valence electrons. The van der Waals surface area contributed by atoms with Gasteiger partial charge in [0.15, 0.2) is 0 Å². The molecule has 0 aliphatic heterocycles. The number of aromatic nitrogens is 1. The van der Waals surface area contributed by atoms with Gasteiger partial charge in [-0.3, -0.25) is 9.59 Å². The van der Waals surface area contributed by atoms with Crippen molar-refractivity contribution in [3.8, 4) is 0 Å². The molecule has 6 heteroatoms. The summed E-state index contributed by atoms with van der Waals surface area (Å²) in [4.78, 5) is 27.6. The van der Waals surface area contributed by atoms with Gasteiger partial charge in [-0.25, -0.2) is 0 Å². The van der Waals surface area contributed by atoms with E-state index < -0.39 is 11.8 Å². The van der Waals surface area contributed by atoms with Crippen LogP contribution in [-0.2, 0) is 9.59 Å². The van der Waals surface area contributed by atoms with Crippen molar-refractivity contribution in [1.82, 2.24) is 10.3 Å². The van der Waals surface area contributed by atoms with Gasteiger partial charge in [-0.1, -0.05) is 19.3 Å². The Morgan fingerprint density at radius 1 is 1.16 bits per heavy atom. The third-order valence-electron chi connectivity index (χ3n) is 4.99. The van der Waals surface area contributed by atoms with Crippen molar-refractivity contribution in [2.45, 2.75) is 44.6 Å². The first kappa shape index (κ1) is 17.5. The minimum absolute atomic E-state index is 0.00717. The standard InChI is InChI=1S/C19H25N3O3/c23-11-9-17(13-4-2-1-3-5-13)22-19(25)18(24)21-15-6-7-16-14(12-15)8-10-20-16/h6-8,10,12-13,17,20,23H,1-5,9,11H2,(H,21,24)(H,22,25). The molecular formula is C19H25N3O3. The molecule has 1 fully saturated rings. The summed E-state index contributed by atoms with van der Waals surface area (Å²) in [6, 6.07) is 7.21. The monoisotopic (exact) mass is 343 g/mol. The van der Waals surface area contributed by atoms with Crippen molar-refractivity contribution in [3.63, 3.8) is 0 Å². The molecule has 1 aliphatic carbocycles. The summed E-state index contributed by atoms with van der Waals surface area (Å²) in [7, 11) is 0. The molecule has 1 aromatic carbocycles. The number of carbonyl (C=O) groups is 2. The number of nitrogens with one attached hydrogen (secondary N) is 3. The number of hydrogen-bond acceptors (Lipinski definition) is 3. The number of benzene rings is 1. The number of H-pyrrole nitrogens is 1. The van der Waals surface area contributed by atoms with Gasteiger partial charge >= 0.3 is 11.8 Å². The zero-order valence-electron chi connectivity index (χ0n) is 14.3. The number of aromatic amines is 1. The van der Waals surface area contributed by atoms with E-state index in [9.17, 15) is 14.7 Å². The van der Waals surface area contributed by atoms with Crippen LogP contribution in [0.3, 0.4) is 0 Å². The Bertz CT molecular complexity index is 734. The first-order chi connectivity index (χ1) is 12.2. The molecule has 0 bridgehead atoms. The smallest absolute Gasteiger partial charge is 0.313 e. The van der Waals surface area contributed by atoms with Crippen molar-refractivity contribution in [2.75, 3.05) is 11.9 Å². The largest absolute Gasteiger partial charge is 0.396 e. The van der Waals surface area contributed by atoms with E-state index in [2.05, 4.69) is 15.6 Å². The lowest BCUT2D eigenvalue weighted by Crippen LogP contribution is -2.46. The minimum Gasteiger partial charge on any atom is -0.396 e. The molecule has 1 atom stereocenters. The molecule has 0 saturated heterocycles. The van der Waals surface area contributed by atoms with Crippen LogP contribution < -0.4 is 10.6 Å². The van der Waals surface area contributed by atoms with Gasteiger partial charge in [-0.15, -0.1) is 0 Å². The van der Waals surface area contributed by atoms with Gasteiger partial charge < -0.3 is 20.7 Å². The number of carbonyl (C=O) groups excluding carboxylic acids is 2. The molecule has 0 radical (unpaired) electrons. The van der Waals surface area contributed by atoms with Gasteiger partial charge in [0, 0.05) is 35.4 Å². The van der Waals surface area contributed by atoms with Crippen molar-refractivity contribution in [3.05, 3.63) is 30.5 Å². The fourth-order valence-corrected chi connectivity index (χ4v) is 3.65. The number of anilines is 1. The van der Waals surface area contributed by atoms with Crippen molar-refractivity contribution in [1.29, 1.82) is 0 Å². The van der Waals surface area contributed by atoms with E-state index in [1.807, 2.05) is 24.4 Å². The second-order valence-corrected chi connectivity index (χ2v) is 6.72. The van der Waals surface area contributed by atoms with Crippen LogP contribution in [-0.4, -0.2) is 34.6 Å². The maximum atomic E-state index is 12.3. The van der Waals surface area contributed by atoms with Crippen molar-refractivity contribution < 1.29 is 14.7 Å². The molecule has 3 rings (SSSR count). The summed E-state index contributed by atoms with van der Waals surface area (Å²) in [5, 5.41) is 15.7. The fourth-order valence-electron chi connectivity index (χ4n) is 3.65. The lowest BCUT2D eigenvalue weighted by Gasteiger charge is -2.30. The molecule has 1 heterocycles. The summed E-state index contributed by atoms with van der Waals surface area (Å²) in [6.07, 6.45) is 7.90. The quantitative estimate of drug-likeness (QED) is 0.629. The summed E-state index contributed by atoms with van der Waals surface area (Å²) in [5.74, 6) is -0.972. The van der Waals surface area contributed by atoms with E-state index in [0.29, 0.717) is 18.0 Å². The van der Waals surface area contributed by atoms with Crippen LogP contribution >= 0.6 is 0 Å². The molecule has 1 saturated carbocycles. The molecule has 1 aliphatic rings. The van der Waals surface area contributed by atoms with E-state index in [-0.39, 0.29) is 12.6 Å². The van der Waals surface area contributed by atoms with Gasteiger partial charge in [0.1, 0.15) is 0 Å². The third-order valence-corrected chi connectivity index (χ3v) is 4.99. The van der Waals surface area contributed by atoms with Crippen LogP contribution in [0.1, 0.15) is 38.5 Å². The molecule has 6 nitrogen and oxygen atoms in total. The maximum Gasteiger partial charge on any atom is 0.313 e. The Balaban J connectivity index is 1.60. The average Bonchev–Trinajstić information content (AvgIpc) is 3.09. The summed E-state index contributed by atoms with van der Waals surface area (Å²) in [6.45, 7) is 0.00717. The molecule has 1 aromatic heterocycles. The highest BCUT2D eigenvalue weighted by atomic mass is 16.3. The molecular weight excluding hydrogens is 318 g/mol. The highest BCUT2D eigenvalue weighted by Gasteiger charge is 2.26. The number of aliphatic hydroxyl groups is 1. The molecule has 1 unspecified atom stereocenters. The third kappa shape index (κ3) is 4.39. The highest BCUT2D eigenvalue weighted by molar-refractivity contribution is 6.39. The minimum atomic E-state index is -0.673. The molecule has 2 aromatic rings. The lowest BCUT2D eigenvalue weighted by atomic mass is 9.82. The summed E-state index contributed by atoms with van der Waals surface area (Å²) >= 11 is 0. The molecule has 0 spiro atoms. The van der Waals surface area contributed by atoms with Crippen LogP contribution in [0.2, 0.25) is 0 Å². The number of fused-ring (bicyclic) bond motifs is 1. The molecule has 25 heavy (non-hydrogen) atoms. The Morgan fingerprint density at radius 3 is 2.72 bits per heavy atom. The normalized spacial score (nSPS) is 16.5. The van der Waals surface area contributed by atoms with Gasteiger partial charge in [0.05, 0.1) is 0 Å². The van der Waals surface area contributed by atoms with Crippen LogP contribution in [0.4, 0.5) is 5.69 Å². The van der Waals surface area contributed by atoms with Crippen LogP contribution in [0, 0.1) is 5.92 Å². The predicted molar refractivity (Wildman–Crippen MR) is 97.1 cm³/mol. The summed E-state index contributed by atoms with van der Waals surface area (Å²) < 4.78 is 0. The summed E-state index contributed by atoms with van der Waals surface area (Å²) in [5.41, 5.74) is 1.56. The van der Waals surface area contributed by atoms with E-state index >= 15 is 0 Å². The SMILES string of the molecule is O=C(Nc1ccc2[nH]ccc2c1)C(=O)NC(CCO)C1CCCCC1. The Morgan fingerprint density at radius 2 is 1.96 bits per heavy atom. The fraction of sp³-hybridized carbons (Fsp3) is 0.474. The Hall–Kier alpha value is -2.34.